The van der Waals surface area contributed by atoms with E-state index in [2.05, 4.69) is 40.6 Å². The van der Waals surface area contributed by atoms with Crippen molar-refractivity contribution in [3.63, 3.8) is 0 Å². The van der Waals surface area contributed by atoms with Crippen LogP contribution in [0.2, 0.25) is 0 Å². The third kappa shape index (κ3) is 6.39. The minimum absolute atomic E-state index is 0.0916. The molecule has 0 bridgehead atoms. The van der Waals surface area contributed by atoms with Crippen molar-refractivity contribution >= 4 is 48.2 Å². The van der Waals surface area contributed by atoms with Crippen LogP contribution in [-0.4, -0.2) is 55.7 Å². The summed E-state index contributed by atoms with van der Waals surface area (Å²) in [6.07, 6.45) is 4.42. The summed E-state index contributed by atoms with van der Waals surface area (Å²) in [7, 11) is -0.451. The number of aromatic nitrogens is 4. The third-order valence-electron chi connectivity index (χ3n) is 6.13. The highest BCUT2D eigenvalue weighted by molar-refractivity contribution is 9.10. The number of ether oxygens (including phenoxy) is 2. The lowest BCUT2D eigenvalue weighted by molar-refractivity contribution is 0.202. The van der Waals surface area contributed by atoms with Gasteiger partial charge in [-0.3, -0.25) is 4.72 Å². The van der Waals surface area contributed by atoms with Crippen LogP contribution >= 0.6 is 15.9 Å². The van der Waals surface area contributed by atoms with Crippen molar-refractivity contribution in [2.24, 2.45) is 0 Å². The van der Waals surface area contributed by atoms with Crippen LogP contribution in [0.25, 0.3) is 21.9 Å². The number of sulfonamides is 1. The zero-order valence-corrected chi connectivity index (χ0v) is 25.0. The van der Waals surface area contributed by atoms with Crippen LogP contribution in [0.15, 0.2) is 88.8 Å². The van der Waals surface area contributed by atoms with E-state index >= 15 is 0 Å². The molecule has 12 heteroatoms. The number of rotatable bonds is 10. The molecule has 0 atom stereocenters. The fraction of sp³-hybridized carbons (Fsp3) is 0.172. The topological polar surface area (TPSA) is 119 Å². The molecular formula is C29H27BrN6O4S. The number of nitrogens with one attached hydrogen (secondary N) is 1. The molecule has 0 fully saturated rings. The molecule has 0 radical (unpaired) electrons. The first-order valence-electron chi connectivity index (χ1n) is 12.6. The van der Waals surface area contributed by atoms with E-state index < -0.39 is 10.0 Å². The summed E-state index contributed by atoms with van der Waals surface area (Å²) in [4.78, 5) is 18.7. The molecule has 0 saturated heterocycles. The van der Waals surface area contributed by atoms with E-state index in [0.717, 1.165) is 20.8 Å². The number of hydrogen-bond donors (Lipinski definition) is 1. The van der Waals surface area contributed by atoms with Gasteiger partial charge in [0.2, 0.25) is 5.88 Å². The Hall–Kier alpha value is -4.29. The van der Waals surface area contributed by atoms with Crippen molar-refractivity contribution in [1.82, 2.24) is 19.9 Å². The molecule has 0 amide bonds. The zero-order chi connectivity index (χ0) is 29.0. The number of halogens is 1. The van der Waals surface area contributed by atoms with Crippen LogP contribution in [-0.2, 0) is 10.0 Å². The monoisotopic (exact) mass is 634 g/mol. The molecule has 210 valence electrons. The van der Waals surface area contributed by atoms with Crippen molar-refractivity contribution in [2.45, 2.75) is 11.8 Å². The van der Waals surface area contributed by atoms with Gasteiger partial charge in [0.25, 0.3) is 10.0 Å². The minimum Gasteiger partial charge on any atom is -0.473 e. The third-order valence-corrected chi connectivity index (χ3v) is 7.91. The van der Waals surface area contributed by atoms with Crippen LogP contribution < -0.4 is 19.1 Å². The molecule has 2 aromatic heterocycles. The van der Waals surface area contributed by atoms with Crippen molar-refractivity contribution in [3.8, 4) is 23.0 Å². The Morgan fingerprint density at radius 1 is 0.878 bits per heavy atom. The first kappa shape index (κ1) is 28.2. The van der Waals surface area contributed by atoms with E-state index in [9.17, 15) is 8.42 Å². The van der Waals surface area contributed by atoms with E-state index in [-0.39, 0.29) is 35.8 Å². The normalized spacial score (nSPS) is 11.3. The Balaban J connectivity index is 1.49. The standard InChI is InChI=1S/C29H27BrN6O4S/c1-19-8-10-21(11-9-19)25-27(33-18-34-28(25)39-14-15-40-29-31-16-22(30)17-32-29)35-41(37,38)24-13-12-20-6-4-5-7-23(20)26(24)36(2)3/h4-13,16-18H,14-15H2,1-3H3,(H,33,34,35). The quantitative estimate of drug-likeness (QED) is 0.199. The van der Waals surface area contributed by atoms with Gasteiger partial charge >= 0.3 is 6.01 Å². The van der Waals surface area contributed by atoms with E-state index in [0.29, 0.717) is 16.8 Å². The van der Waals surface area contributed by atoms with Crippen LogP contribution in [0, 0.1) is 6.92 Å². The van der Waals surface area contributed by atoms with Crippen molar-refractivity contribution < 1.29 is 17.9 Å². The second-order valence-corrected chi connectivity index (χ2v) is 11.8. The molecule has 0 unspecified atom stereocenters. The number of fused-ring (bicyclic) bond motifs is 1. The summed E-state index contributed by atoms with van der Waals surface area (Å²) in [6, 6.07) is 18.8. The lowest BCUT2D eigenvalue weighted by Gasteiger charge is -2.21. The molecule has 1 N–H and O–H groups in total. The van der Waals surface area contributed by atoms with E-state index in [4.69, 9.17) is 9.47 Å². The van der Waals surface area contributed by atoms with E-state index in [1.807, 2.05) is 69.6 Å². The average Bonchev–Trinajstić information content (AvgIpc) is 2.96. The highest BCUT2D eigenvalue weighted by atomic mass is 79.9. The maximum absolute atomic E-state index is 13.9. The van der Waals surface area contributed by atoms with Crippen LogP contribution in [0.1, 0.15) is 5.56 Å². The predicted molar refractivity (Wildman–Crippen MR) is 162 cm³/mol. The van der Waals surface area contributed by atoms with Gasteiger partial charge in [-0.1, -0.05) is 60.2 Å². The molecule has 0 aliphatic rings. The maximum atomic E-state index is 13.9. The largest absolute Gasteiger partial charge is 0.473 e. The fourth-order valence-electron chi connectivity index (χ4n) is 4.28. The molecule has 10 nitrogen and oxygen atoms in total. The summed E-state index contributed by atoms with van der Waals surface area (Å²) in [5.74, 6) is 0.294. The molecule has 5 rings (SSSR count). The summed E-state index contributed by atoms with van der Waals surface area (Å²) in [5.41, 5.74) is 2.71. The van der Waals surface area contributed by atoms with Crippen LogP contribution in [0.4, 0.5) is 11.5 Å². The lowest BCUT2D eigenvalue weighted by Crippen LogP contribution is -2.20. The maximum Gasteiger partial charge on any atom is 0.316 e. The number of nitrogens with zero attached hydrogens (tertiary/aromatic N) is 5. The summed E-state index contributed by atoms with van der Waals surface area (Å²) < 4.78 is 42.7. The first-order chi connectivity index (χ1) is 19.7. The summed E-state index contributed by atoms with van der Waals surface area (Å²) >= 11 is 3.29. The van der Waals surface area contributed by atoms with Crippen molar-refractivity contribution in [3.05, 3.63) is 89.4 Å². The summed E-state index contributed by atoms with van der Waals surface area (Å²) in [5, 5.41) is 1.75. The molecule has 41 heavy (non-hydrogen) atoms. The van der Waals surface area contributed by atoms with E-state index in [1.54, 1.807) is 29.4 Å². The van der Waals surface area contributed by atoms with Gasteiger partial charge in [0.15, 0.2) is 5.82 Å². The van der Waals surface area contributed by atoms with Gasteiger partial charge in [0.1, 0.15) is 24.4 Å². The smallest absolute Gasteiger partial charge is 0.316 e. The Labute approximate surface area is 246 Å². The number of anilines is 2. The van der Waals surface area contributed by atoms with Gasteiger partial charge in [-0.15, -0.1) is 0 Å². The van der Waals surface area contributed by atoms with Gasteiger partial charge in [-0.05, 0) is 39.9 Å². The molecule has 5 aromatic rings. The highest BCUT2D eigenvalue weighted by Gasteiger charge is 2.25. The summed E-state index contributed by atoms with van der Waals surface area (Å²) in [6.45, 7) is 2.22. The molecule has 3 aromatic carbocycles. The Bertz CT molecular complexity index is 1780. The van der Waals surface area contributed by atoms with Gasteiger partial charge in [0, 0.05) is 31.9 Å². The Kier molecular flexibility index (Phi) is 8.31. The molecular weight excluding hydrogens is 608 g/mol. The molecule has 0 aliphatic heterocycles. The van der Waals surface area contributed by atoms with E-state index in [1.165, 1.54) is 6.33 Å². The predicted octanol–water partition coefficient (Wildman–Crippen LogP) is 5.48. The van der Waals surface area contributed by atoms with Gasteiger partial charge in [-0.25, -0.2) is 28.4 Å². The second kappa shape index (κ2) is 12.1. The van der Waals surface area contributed by atoms with Gasteiger partial charge in [-0.2, -0.15) is 0 Å². The average molecular weight is 636 g/mol. The second-order valence-electron chi connectivity index (χ2n) is 9.28. The molecule has 0 saturated carbocycles. The van der Waals surface area contributed by atoms with Crippen molar-refractivity contribution in [1.29, 1.82) is 0 Å². The fourth-order valence-corrected chi connectivity index (χ4v) is 5.80. The molecule has 2 heterocycles. The number of hydrogen-bond acceptors (Lipinski definition) is 9. The zero-order valence-electron chi connectivity index (χ0n) is 22.6. The number of benzene rings is 3. The minimum atomic E-state index is -4.08. The Morgan fingerprint density at radius 2 is 1.59 bits per heavy atom. The molecule has 0 spiro atoms. The van der Waals surface area contributed by atoms with Gasteiger partial charge in [0.05, 0.1) is 15.7 Å². The first-order valence-corrected chi connectivity index (χ1v) is 14.9. The molecule has 0 aliphatic carbocycles. The highest BCUT2D eigenvalue weighted by Crippen LogP contribution is 2.37. The number of aryl methyl sites for hydroxylation is 1. The van der Waals surface area contributed by atoms with Crippen LogP contribution in [0.5, 0.6) is 11.9 Å². The van der Waals surface area contributed by atoms with Gasteiger partial charge < -0.3 is 14.4 Å². The lowest BCUT2D eigenvalue weighted by atomic mass is 10.1. The Morgan fingerprint density at radius 3 is 2.32 bits per heavy atom. The van der Waals surface area contributed by atoms with Crippen molar-refractivity contribution in [2.75, 3.05) is 36.9 Å². The van der Waals surface area contributed by atoms with Crippen LogP contribution in [0.3, 0.4) is 0 Å². The SMILES string of the molecule is Cc1ccc(-c2c(NS(=O)(=O)c3ccc4ccccc4c3N(C)C)ncnc2OCCOc2ncc(Br)cn2)cc1.